The molecular weight excluding hydrogens is 322 g/mol. The number of sulfonamides is 1. The van der Waals surface area contributed by atoms with Crippen LogP contribution in [0.25, 0.3) is 0 Å². The van der Waals surface area contributed by atoms with Crippen LogP contribution in [0.15, 0.2) is 59.5 Å². The van der Waals surface area contributed by atoms with Crippen molar-refractivity contribution in [3.05, 3.63) is 60.2 Å². The predicted molar refractivity (Wildman–Crippen MR) is 98.4 cm³/mol. The van der Waals surface area contributed by atoms with Gasteiger partial charge in [-0.15, -0.1) is 5.54 Å². The maximum absolute atomic E-state index is 13.0. The van der Waals surface area contributed by atoms with Crippen LogP contribution in [0.5, 0.6) is 0 Å². The van der Waals surface area contributed by atoms with Crippen molar-refractivity contribution in [1.29, 1.82) is 0 Å². The Hall–Kier alpha value is -2.03. The summed E-state index contributed by atoms with van der Waals surface area (Å²) >= 11 is 0. The number of anilines is 1. The molecule has 120 valence electrons. The molecule has 0 unspecified atom stereocenters. The van der Waals surface area contributed by atoms with Gasteiger partial charge in [0.2, 0.25) is 0 Å². The van der Waals surface area contributed by atoms with Gasteiger partial charge < -0.3 is 0 Å². The number of para-hydroxylation sites is 1. The van der Waals surface area contributed by atoms with Crippen LogP contribution in [0.2, 0.25) is 19.6 Å². The van der Waals surface area contributed by atoms with E-state index in [1.807, 2.05) is 25.1 Å². The number of rotatable bonds is 3. The molecule has 0 atom stereocenters. The van der Waals surface area contributed by atoms with E-state index in [-0.39, 0.29) is 4.90 Å². The molecule has 0 amide bonds. The summed E-state index contributed by atoms with van der Waals surface area (Å²) in [7, 11) is -5.42. The average molecular weight is 344 g/mol. The first kappa shape index (κ1) is 17.3. The van der Waals surface area contributed by atoms with Crippen LogP contribution < -0.4 is 4.31 Å². The maximum atomic E-state index is 13.0. The Kier molecular flexibility index (Phi) is 4.98. The van der Waals surface area contributed by atoms with Gasteiger partial charge in [-0.25, -0.2) is 8.42 Å². The lowest BCUT2D eigenvalue weighted by molar-refractivity contribution is 0.596. The summed E-state index contributed by atoms with van der Waals surface area (Å²) in [5, 5.41) is 0. The average Bonchev–Trinajstić information content (AvgIpc) is 2.47. The van der Waals surface area contributed by atoms with Gasteiger partial charge in [0, 0.05) is 6.04 Å². The second-order valence-corrected chi connectivity index (χ2v) is 12.9. The summed E-state index contributed by atoms with van der Waals surface area (Å²) in [5.41, 5.74) is 4.71. The van der Waals surface area contributed by atoms with Gasteiger partial charge in [0.15, 0.2) is 0 Å². The summed E-state index contributed by atoms with van der Waals surface area (Å²) < 4.78 is 27.2. The Bertz CT molecular complexity index is 827. The molecule has 5 heteroatoms. The third-order valence-electron chi connectivity index (χ3n) is 3.08. The summed E-state index contributed by atoms with van der Waals surface area (Å²) in [6.07, 6.45) is 0. The maximum Gasteiger partial charge on any atom is 0.275 e. The van der Waals surface area contributed by atoms with Crippen LogP contribution in [0.4, 0.5) is 5.69 Å². The van der Waals surface area contributed by atoms with Crippen molar-refractivity contribution in [1.82, 2.24) is 0 Å². The van der Waals surface area contributed by atoms with E-state index in [0.29, 0.717) is 5.69 Å². The summed E-state index contributed by atoms with van der Waals surface area (Å²) in [5.74, 6) is 0. The molecule has 0 saturated heterocycles. The molecule has 0 aliphatic carbocycles. The van der Waals surface area contributed by atoms with Crippen molar-refractivity contribution >= 4 is 23.8 Å². The molecule has 2 rings (SSSR count). The Morgan fingerprint density at radius 3 is 2.00 bits per heavy atom. The highest BCUT2D eigenvalue weighted by atomic mass is 32.2. The Balaban J connectivity index is 2.56. The zero-order valence-corrected chi connectivity index (χ0v) is 15.7. The Morgan fingerprint density at radius 1 is 0.913 bits per heavy atom. The van der Waals surface area contributed by atoms with E-state index >= 15 is 0 Å². The van der Waals surface area contributed by atoms with E-state index in [2.05, 4.69) is 31.2 Å². The molecule has 0 aliphatic heterocycles. The fourth-order valence-corrected chi connectivity index (χ4v) is 3.65. The van der Waals surface area contributed by atoms with Crippen molar-refractivity contribution in [2.24, 2.45) is 0 Å². The topological polar surface area (TPSA) is 37.4 Å². The molecule has 0 radical (unpaired) electrons. The fraction of sp³-hybridized carbons (Fsp3) is 0.222. The second kappa shape index (κ2) is 6.61. The minimum Gasteiger partial charge on any atom is -0.200 e. The zero-order chi connectivity index (χ0) is 17.1. The van der Waals surface area contributed by atoms with Crippen LogP contribution in [0.3, 0.4) is 0 Å². The Morgan fingerprint density at radius 2 is 1.48 bits per heavy atom. The van der Waals surface area contributed by atoms with Gasteiger partial charge in [0.05, 0.1) is 10.6 Å². The SMILES string of the molecule is Cc1ccc(S(=O)(=O)N(C#C[Si](C)(C)C)c2ccccc2)cc1. The highest BCUT2D eigenvalue weighted by molar-refractivity contribution is 7.93. The van der Waals surface area contributed by atoms with Crippen LogP contribution in [0.1, 0.15) is 5.56 Å². The van der Waals surface area contributed by atoms with Gasteiger partial charge in [-0.2, -0.15) is 4.31 Å². The van der Waals surface area contributed by atoms with E-state index in [1.165, 1.54) is 4.31 Å². The normalized spacial score (nSPS) is 11.5. The minimum absolute atomic E-state index is 0.247. The van der Waals surface area contributed by atoms with Gasteiger partial charge in [0.25, 0.3) is 10.0 Å². The monoisotopic (exact) mass is 343 g/mol. The van der Waals surface area contributed by atoms with E-state index in [0.717, 1.165) is 5.56 Å². The highest BCUT2D eigenvalue weighted by Gasteiger charge is 2.24. The molecule has 0 heterocycles. The molecule has 2 aromatic carbocycles. The van der Waals surface area contributed by atoms with Crippen LogP contribution in [-0.4, -0.2) is 16.5 Å². The van der Waals surface area contributed by atoms with Crippen LogP contribution in [-0.2, 0) is 10.0 Å². The third kappa shape index (κ3) is 4.47. The number of hydrogen-bond acceptors (Lipinski definition) is 2. The van der Waals surface area contributed by atoms with Gasteiger partial charge in [0.1, 0.15) is 8.07 Å². The summed E-state index contributed by atoms with van der Waals surface area (Å²) in [6, 6.07) is 18.7. The predicted octanol–water partition coefficient (Wildman–Crippen LogP) is 4.03. The molecule has 0 aliphatic rings. The second-order valence-electron chi connectivity index (χ2n) is 6.40. The highest BCUT2D eigenvalue weighted by Crippen LogP contribution is 2.23. The van der Waals surface area contributed by atoms with E-state index < -0.39 is 18.1 Å². The molecular formula is C18H21NO2SSi. The number of nitrogens with zero attached hydrogens (tertiary/aromatic N) is 1. The molecule has 0 bridgehead atoms. The minimum atomic E-state index is -3.71. The number of benzene rings is 2. The fourth-order valence-electron chi connectivity index (χ4n) is 1.86. The zero-order valence-electron chi connectivity index (χ0n) is 13.9. The van der Waals surface area contributed by atoms with E-state index in [1.54, 1.807) is 36.4 Å². The van der Waals surface area contributed by atoms with Crippen molar-refractivity contribution in [3.8, 4) is 11.6 Å². The Labute approximate surface area is 140 Å². The lowest BCUT2D eigenvalue weighted by Crippen LogP contribution is -2.28. The molecule has 0 aromatic heterocycles. The van der Waals surface area contributed by atoms with Crippen molar-refractivity contribution in [2.75, 3.05) is 4.31 Å². The quantitative estimate of drug-likeness (QED) is 0.479. The van der Waals surface area contributed by atoms with Gasteiger partial charge >= 0.3 is 0 Å². The summed E-state index contributed by atoms with van der Waals surface area (Å²) in [6.45, 7) is 8.18. The van der Waals surface area contributed by atoms with Crippen molar-refractivity contribution in [2.45, 2.75) is 31.5 Å². The van der Waals surface area contributed by atoms with Crippen molar-refractivity contribution < 1.29 is 8.42 Å². The smallest absolute Gasteiger partial charge is 0.200 e. The van der Waals surface area contributed by atoms with E-state index in [9.17, 15) is 8.42 Å². The van der Waals surface area contributed by atoms with Gasteiger partial charge in [-0.05, 0) is 31.2 Å². The molecule has 0 saturated carbocycles. The van der Waals surface area contributed by atoms with Crippen molar-refractivity contribution in [3.63, 3.8) is 0 Å². The third-order valence-corrected chi connectivity index (χ3v) is 5.59. The largest absolute Gasteiger partial charge is 0.275 e. The number of aryl methyl sites for hydroxylation is 1. The lowest BCUT2D eigenvalue weighted by atomic mass is 10.2. The summed E-state index contributed by atoms with van der Waals surface area (Å²) in [4.78, 5) is 0.247. The first-order chi connectivity index (χ1) is 10.7. The lowest BCUT2D eigenvalue weighted by Gasteiger charge is -2.19. The number of hydrogen-bond donors (Lipinski definition) is 0. The van der Waals surface area contributed by atoms with Gasteiger partial charge in [-0.3, -0.25) is 0 Å². The molecule has 0 N–H and O–H groups in total. The standard InChI is InChI=1S/C18H21NO2SSi/c1-16-10-12-18(13-11-16)22(20,21)19(14-15-23(2,3)4)17-8-6-5-7-9-17/h5-13H,1-4H3. The van der Waals surface area contributed by atoms with Crippen LogP contribution in [0, 0.1) is 18.5 Å². The van der Waals surface area contributed by atoms with E-state index in [4.69, 9.17) is 0 Å². The van der Waals surface area contributed by atoms with Gasteiger partial charge in [-0.1, -0.05) is 55.5 Å². The molecule has 2 aromatic rings. The van der Waals surface area contributed by atoms with Crippen LogP contribution >= 0.6 is 0 Å². The molecule has 0 fully saturated rings. The molecule has 23 heavy (non-hydrogen) atoms. The first-order valence-corrected chi connectivity index (χ1v) is 12.3. The molecule has 0 spiro atoms. The molecule has 3 nitrogen and oxygen atoms in total. The first-order valence-electron chi connectivity index (χ1n) is 7.40.